The molecule has 0 aromatic heterocycles. The minimum atomic E-state index is -1.76. The molecule has 0 fully saturated rings. The first kappa shape index (κ1) is 9.54. The molecule has 0 heterocycles. The SMILES string of the molecule is CCCOC(=O)[N+](=[N-])C(=O)O. The number of rotatable bonds is 2. The van der Waals surface area contributed by atoms with E-state index in [4.69, 9.17) is 10.6 Å². The van der Waals surface area contributed by atoms with Gasteiger partial charge in [0.15, 0.2) is 0 Å². The van der Waals surface area contributed by atoms with E-state index in [-0.39, 0.29) is 6.61 Å². The summed E-state index contributed by atoms with van der Waals surface area (Å²) >= 11 is 0. The molecule has 0 saturated carbocycles. The van der Waals surface area contributed by atoms with Crippen LogP contribution >= 0.6 is 0 Å². The van der Waals surface area contributed by atoms with Crippen molar-refractivity contribution in [3.05, 3.63) is 5.53 Å². The molecule has 0 aromatic rings. The van der Waals surface area contributed by atoms with Crippen LogP contribution in [0.2, 0.25) is 0 Å². The van der Waals surface area contributed by atoms with Crippen LogP contribution in [0.4, 0.5) is 9.59 Å². The predicted octanol–water partition coefficient (Wildman–Crippen LogP) is 1.25. The Kier molecular flexibility index (Phi) is 3.79. The zero-order chi connectivity index (χ0) is 8.85. The summed E-state index contributed by atoms with van der Waals surface area (Å²) in [5.41, 5.74) is 8.38. The third-order valence-electron chi connectivity index (χ3n) is 0.784. The number of imide groups is 1. The van der Waals surface area contributed by atoms with Crippen LogP contribution in [-0.2, 0) is 4.74 Å². The largest absolute Gasteiger partial charge is 0.596 e. The van der Waals surface area contributed by atoms with Crippen LogP contribution in [0.1, 0.15) is 13.3 Å². The first-order chi connectivity index (χ1) is 5.09. The molecule has 62 valence electrons. The maximum Gasteiger partial charge on any atom is 0.596 e. The van der Waals surface area contributed by atoms with Crippen molar-refractivity contribution in [1.82, 2.24) is 0 Å². The Bertz CT molecular complexity index is 189. The van der Waals surface area contributed by atoms with Gasteiger partial charge >= 0.3 is 12.2 Å². The first-order valence-electron chi connectivity index (χ1n) is 2.98. The molecule has 0 aliphatic heterocycles. The molecule has 0 bridgehead atoms. The molecule has 11 heavy (non-hydrogen) atoms. The summed E-state index contributed by atoms with van der Waals surface area (Å²) in [5, 5.41) is 8.03. The molecule has 6 heteroatoms. The second kappa shape index (κ2) is 4.37. The molecule has 1 N–H and O–H groups in total. The molecular formula is C5H8N2O4. The minimum absolute atomic E-state index is 0.0865. The number of nitrogens with zero attached hydrogens (tertiary/aromatic N) is 2. The van der Waals surface area contributed by atoms with Crippen LogP contribution in [-0.4, -0.2) is 28.6 Å². The summed E-state index contributed by atoms with van der Waals surface area (Å²) in [6, 6.07) is 0. The average Bonchev–Trinajstić information content (AvgIpc) is 1.98. The lowest BCUT2D eigenvalue weighted by molar-refractivity contribution is -0.386. The summed E-state index contributed by atoms with van der Waals surface area (Å²) in [7, 11) is 0. The van der Waals surface area contributed by atoms with Crippen molar-refractivity contribution in [2.24, 2.45) is 0 Å². The summed E-state index contributed by atoms with van der Waals surface area (Å²) < 4.78 is 3.77. The molecular weight excluding hydrogens is 152 g/mol. The molecule has 0 rings (SSSR count). The van der Waals surface area contributed by atoms with Crippen LogP contribution in [0.3, 0.4) is 0 Å². The quantitative estimate of drug-likeness (QED) is 0.486. The number of carbonyl (C=O) groups is 2. The highest BCUT2D eigenvalue weighted by Crippen LogP contribution is 1.88. The average molecular weight is 160 g/mol. The fourth-order valence-corrected chi connectivity index (χ4v) is 0.329. The van der Waals surface area contributed by atoms with E-state index in [9.17, 15) is 9.59 Å². The van der Waals surface area contributed by atoms with Crippen LogP contribution in [0.25, 0.3) is 5.53 Å². The lowest BCUT2D eigenvalue weighted by Gasteiger charge is -1.97. The Balaban J connectivity index is 3.84. The Hall–Kier alpha value is -1.46. The Morgan fingerprint density at radius 1 is 1.64 bits per heavy atom. The van der Waals surface area contributed by atoms with Gasteiger partial charge in [0, 0.05) is 0 Å². The number of ether oxygens (including phenoxy) is 1. The van der Waals surface area contributed by atoms with E-state index in [0.717, 1.165) is 0 Å². The summed E-state index contributed by atoms with van der Waals surface area (Å²) in [5.74, 6) is 0. The molecule has 6 nitrogen and oxygen atoms in total. The smallest absolute Gasteiger partial charge is 0.481 e. The van der Waals surface area contributed by atoms with Gasteiger partial charge < -0.3 is 15.4 Å². The zero-order valence-electron chi connectivity index (χ0n) is 5.98. The fraction of sp³-hybridized carbons (Fsp3) is 0.600. The lowest BCUT2D eigenvalue weighted by Crippen LogP contribution is -2.23. The summed E-state index contributed by atoms with van der Waals surface area (Å²) in [4.78, 5) is 20.3. The highest BCUT2D eigenvalue weighted by molar-refractivity contribution is 5.71. The molecule has 0 saturated heterocycles. The summed E-state index contributed by atoms with van der Waals surface area (Å²) in [6.45, 7) is 1.83. The van der Waals surface area contributed by atoms with Gasteiger partial charge in [0.2, 0.25) is 0 Å². The maximum absolute atomic E-state index is 10.4. The monoisotopic (exact) mass is 160 g/mol. The topological polar surface area (TPSA) is 88.9 Å². The van der Waals surface area contributed by atoms with Crippen molar-refractivity contribution < 1.29 is 24.1 Å². The van der Waals surface area contributed by atoms with E-state index in [1.165, 1.54) is 0 Å². The third-order valence-corrected chi connectivity index (χ3v) is 0.784. The van der Waals surface area contributed by atoms with Crippen molar-refractivity contribution in [3.63, 3.8) is 0 Å². The molecule has 0 aliphatic rings. The van der Waals surface area contributed by atoms with Crippen molar-refractivity contribution in [2.75, 3.05) is 6.61 Å². The van der Waals surface area contributed by atoms with Gasteiger partial charge in [0.1, 0.15) is 0 Å². The maximum atomic E-state index is 10.4. The van der Waals surface area contributed by atoms with Crippen LogP contribution in [0.5, 0.6) is 0 Å². The van der Waals surface area contributed by atoms with Crippen molar-refractivity contribution in [3.8, 4) is 0 Å². The third kappa shape index (κ3) is 3.29. The van der Waals surface area contributed by atoms with Crippen molar-refractivity contribution >= 4 is 12.2 Å². The molecule has 0 atom stereocenters. The molecule has 0 spiro atoms. The number of hydrogen-bond donors (Lipinski definition) is 1. The minimum Gasteiger partial charge on any atom is -0.481 e. The van der Waals surface area contributed by atoms with Crippen LogP contribution < -0.4 is 0 Å². The fourth-order valence-electron chi connectivity index (χ4n) is 0.329. The molecule has 0 unspecified atom stereocenters. The zero-order valence-corrected chi connectivity index (χ0v) is 5.98. The van der Waals surface area contributed by atoms with E-state index in [0.29, 0.717) is 6.42 Å². The number of hydrogen-bond acceptors (Lipinski definition) is 3. The Morgan fingerprint density at radius 3 is 2.55 bits per heavy atom. The van der Waals surface area contributed by atoms with Gasteiger partial charge in [-0.3, -0.25) is 0 Å². The van der Waals surface area contributed by atoms with Gasteiger partial charge in [-0.05, 0) is 6.42 Å². The van der Waals surface area contributed by atoms with Crippen LogP contribution in [0.15, 0.2) is 0 Å². The van der Waals surface area contributed by atoms with Gasteiger partial charge in [0.25, 0.3) is 0 Å². The normalized spacial score (nSPS) is 8.82. The van der Waals surface area contributed by atoms with E-state index >= 15 is 0 Å². The molecule has 0 aliphatic carbocycles. The number of amides is 2. The Morgan fingerprint density at radius 2 is 2.18 bits per heavy atom. The first-order valence-corrected chi connectivity index (χ1v) is 2.98. The molecule has 2 amide bonds. The van der Waals surface area contributed by atoms with Crippen LogP contribution in [0, 0.1) is 0 Å². The number of carboxylic acid groups (broad SMARTS) is 1. The highest BCUT2D eigenvalue weighted by Gasteiger charge is 2.20. The van der Waals surface area contributed by atoms with Crippen molar-refractivity contribution in [2.45, 2.75) is 13.3 Å². The van der Waals surface area contributed by atoms with Gasteiger partial charge in [0.05, 0.1) is 6.61 Å². The standard InChI is InChI=1S/C5H8N2O4/c1-2-3-11-5(10)7(6)4(8)9/h2-3H2,1H3,(H,8,9). The van der Waals surface area contributed by atoms with E-state index in [1.54, 1.807) is 6.92 Å². The number of carbonyl (C=O) groups excluding carboxylic acids is 1. The van der Waals surface area contributed by atoms with E-state index < -0.39 is 16.9 Å². The highest BCUT2D eigenvalue weighted by atomic mass is 16.6. The molecule has 0 radical (unpaired) electrons. The second-order valence-corrected chi connectivity index (χ2v) is 1.71. The van der Waals surface area contributed by atoms with Gasteiger partial charge in [-0.25, -0.2) is 0 Å². The lowest BCUT2D eigenvalue weighted by atomic mass is 10.5. The second-order valence-electron chi connectivity index (χ2n) is 1.71. The van der Waals surface area contributed by atoms with E-state index in [2.05, 4.69) is 4.74 Å². The van der Waals surface area contributed by atoms with Gasteiger partial charge in [-0.15, -0.1) is 4.70 Å². The summed E-state index contributed by atoms with van der Waals surface area (Å²) in [6.07, 6.45) is -2.47. The van der Waals surface area contributed by atoms with Crippen molar-refractivity contribution in [1.29, 1.82) is 0 Å². The van der Waals surface area contributed by atoms with Gasteiger partial charge in [-0.2, -0.15) is 9.59 Å². The molecule has 0 aromatic carbocycles. The Labute approximate surface area is 62.9 Å². The predicted molar refractivity (Wildman–Crippen MR) is 33.3 cm³/mol. The van der Waals surface area contributed by atoms with Gasteiger partial charge in [-0.1, -0.05) is 6.92 Å². The van der Waals surface area contributed by atoms with E-state index in [1.807, 2.05) is 0 Å².